The third kappa shape index (κ3) is 2.97. The molecule has 2 rings (SSSR count). The molecule has 0 saturated carbocycles. The van der Waals surface area contributed by atoms with E-state index in [0.29, 0.717) is 12.0 Å². The van der Waals surface area contributed by atoms with Crippen LogP contribution in [0.1, 0.15) is 37.3 Å². The molecule has 1 unspecified atom stereocenters. The molecule has 1 atom stereocenters. The van der Waals surface area contributed by atoms with E-state index >= 15 is 0 Å². The van der Waals surface area contributed by atoms with Crippen molar-refractivity contribution in [2.75, 3.05) is 0 Å². The molecule has 0 aliphatic carbocycles. The number of hydrogen-bond acceptors (Lipinski definition) is 4. The summed E-state index contributed by atoms with van der Waals surface area (Å²) in [7, 11) is 0. The zero-order valence-corrected chi connectivity index (χ0v) is 11.0. The Hall–Kier alpha value is -1.79. The Bertz CT molecular complexity index is 537. The summed E-state index contributed by atoms with van der Waals surface area (Å²) in [5.74, 6) is 6.04. The lowest BCUT2D eigenvalue weighted by molar-refractivity contribution is 0.457. The summed E-state index contributed by atoms with van der Waals surface area (Å²) in [6.07, 6.45) is 1.99. The Labute approximate surface area is 111 Å². The van der Waals surface area contributed by atoms with E-state index in [0.717, 1.165) is 5.82 Å². The van der Waals surface area contributed by atoms with Gasteiger partial charge in [-0.25, -0.2) is 14.1 Å². The van der Waals surface area contributed by atoms with Gasteiger partial charge in [0, 0.05) is 18.0 Å². The van der Waals surface area contributed by atoms with Gasteiger partial charge in [0.2, 0.25) is 0 Å². The molecule has 2 aromatic rings. The molecule has 0 saturated heterocycles. The van der Waals surface area contributed by atoms with Gasteiger partial charge in [-0.1, -0.05) is 18.2 Å². The van der Waals surface area contributed by atoms with Crippen LogP contribution in [0.15, 0.2) is 30.6 Å². The number of nitrogens with two attached hydrogens (primary N) is 1. The highest BCUT2D eigenvalue weighted by atomic mass is 19.1. The number of nitrogens with one attached hydrogen (secondary N) is 1. The standard InChI is InChI=1S/C13H18FN5/c1-9(2)19-13(16-8-17-19)7-12(18-15)10-5-3-4-6-11(10)14/h3-6,8-9,12,18H,7,15H2,1-2H3. The van der Waals surface area contributed by atoms with Crippen LogP contribution >= 0.6 is 0 Å². The van der Waals surface area contributed by atoms with Gasteiger partial charge < -0.3 is 0 Å². The smallest absolute Gasteiger partial charge is 0.138 e. The van der Waals surface area contributed by atoms with Crippen molar-refractivity contribution in [3.8, 4) is 0 Å². The van der Waals surface area contributed by atoms with Crippen molar-refractivity contribution in [1.82, 2.24) is 20.2 Å². The Morgan fingerprint density at radius 1 is 1.37 bits per heavy atom. The summed E-state index contributed by atoms with van der Waals surface area (Å²) in [4.78, 5) is 4.21. The number of nitrogens with zero attached hydrogens (tertiary/aromatic N) is 3. The normalized spacial score (nSPS) is 12.9. The molecule has 0 spiro atoms. The summed E-state index contributed by atoms with van der Waals surface area (Å²) in [6, 6.07) is 6.46. The van der Waals surface area contributed by atoms with Crippen molar-refractivity contribution in [2.24, 2.45) is 5.84 Å². The summed E-state index contributed by atoms with van der Waals surface area (Å²) >= 11 is 0. The number of aromatic nitrogens is 3. The van der Waals surface area contributed by atoms with Crippen LogP contribution in [0.3, 0.4) is 0 Å². The molecule has 1 aromatic heterocycles. The zero-order valence-electron chi connectivity index (χ0n) is 11.0. The highest BCUT2D eigenvalue weighted by Gasteiger charge is 2.18. The minimum Gasteiger partial charge on any atom is -0.271 e. The van der Waals surface area contributed by atoms with Gasteiger partial charge in [-0.15, -0.1) is 0 Å². The molecule has 5 nitrogen and oxygen atoms in total. The van der Waals surface area contributed by atoms with E-state index in [9.17, 15) is 4.39 Å². The summed E-state index contributed by atoms with van der Waals surface area (Å²) in [5, 5.41) is 4.16. The van der Waals surface area contributed by atoms with Gasteiger partial charge >= 0.3 is 0 Å². The monoisotopic (exact) mass is 263 g/mol. The largest absolute Gasteiger partial charge is 0.271 e. The van der Waals surface area contributed by atoms with Crippen LogP contribution in [-0.2, 0) is 6.42 Å². The first-order chi connectivity index (χ1) is 9.13. The maximum atomic E-state index is 13.8. The van der Waals surface area contributed by atoms with Crippen LogP contribution in [0.2, 0.25) is 0 Å². The lowest BCUT2D eigenvalue weighted by Crippen LogP contribution is -2.31. The predicted molar refractivity (Wildman–Crippen MR) is 70.6 cm³/mol. The number of hydrogen-bond donors (Lipinski definition) is 2. The van der Waals surface area contributed by atoms with E-state index in [-0.39, 0.29) is 17.9 Å². The van der Waals surface area contributed by atoms with E-state index in [4.69, 9.17) is 5.84 Å². The first-order valence-electron chi connectivity index (χ1n) is 6.22. The quantitative estimate of drug-likeness (QED) is 0.637. The Morgan fingerprint density at radius 3 is 2.74 bits per heavy atom. The second-order valence-electron chi connectivity index (χ2n) is 4.66. The fourth-order valence-electron chi connectivity index (χ4n) is 2.05. The average Bonchev–Trinajstić information content (AvgIpc) is 2.85. The molecule has 19 heavy (non-hydrogen) atoms. The molecule has 0 aliphatic heterocycles. The van der Waals surface area contributed by atoms with Crippen LogP contribution in [0.5, 0.6) is 0 Å². The van der Waals surface area contributed by atoms with Crippen LogP contribution in [0.4, 0.5) is 4.39 Å². The number of halogens is 1. The molecule has 1 heterocycles. The summed E-state index contributed by atoms with van der Waals surface area (Å²) < 4.78 is 15.6. The molecular weight excluding hydrogens is 245 g/mol. The second-order valence-corrected chi connectivity index (χ2v) is 4.66. The summed E-state index contributed by atoms with van der Waals surface area (Å²) in [6.45, 7) is 4.04. The molecular formula is C13H18FN5. The topological polar surface area (TPSA) is 68.8 Å². The van der Waals surface area contributed by atoms with Crippen molar-refractivity contribution in [1.29, 1.82) is 0 Å². The van der Waals surface area contributed by atoms with Crippen molar-refractivity contribution in [2.45, 2.75) is 32.4 Å². The number of benzene rings is 1. The molecule has 0 aliphatic rings. The van der Waals surface area contributed by atoms with E-state index in [2.05, 4.69) is 15.5 Å². The molecule has 102 valence electrons. The molecule has 0 fully saturated rings. The van der Waals surface area contributed by atoms with Crippen molar-refractivity contribution in [3.05, 3.63) is 47.8 Å². The van der Waals surface area contributed by atoms with Crippen LogP contribution in [-0.4, -0.2) is 14.8 Å². The molecule has 0 radical (unpaired) electrons. The highest BCUT2D eigenvalue weighted by Crippen LogP contribution is 2.20. The lowest BCUT2D eigenvalue weighted by atomic mass is 10.0. The number of rotatable bonds is 5. The predicted octanol–water partition coefficient (Wildman–Crippen LogP) is 1.75. The Kier molecular flexibility index (Phi) is 4.24. The third-order valence-corrected chi connectivity index (χ3v) is 3.00. The van der Waals surface area contributed by atoms with Crippen LogP contribution in [0.25, 0.3) is 0 Å². The molecule has 0 amide bonds. The van der Waals surface area contributed by atoms with Crippen LogP contribution in [0, 0.1) is 5.82 Å². The van der Waals surface area contributed by atoms with Gasteiger partial charge in [0.1, 0.15) is 18.0 Å². The fourth-order valence-corrected chi connectivity index (χ4v) is 2.05. The van der Waals surface area contributed by atoms with Crippen LogP contribution < -0.4 is 11.3 Å². The van der Waals surface area contributed by atoms with E-state index in [1.54, 1.807) is 18.2 Å². The minimum absolute atomic E-state index is 0.205. The van der Waals surface area contributed by atoms with E-state index in [1.165, 1.54) is 12.4 Å². The third-order valence-electron chi connectivity index (χ3n) is 3.00. The van der Waals surface area contributed by atoms with Gasteiger partial charge in [-0.3, -0.25) is 11.3 Å². The molecule has 6 heteroatoms. The Balaban J connectivity index is 2.25. The number of hydrazine groups is 1. The van der Waals surface area contributed by atoms with E-state index < -0.39 is 0 Å². The average molecular weight is 263 g/mol. The van der Waals surface area contributed by atoms with Crippen molar-refractivity contribution >= 4 is 0 Å². The maximum absolute atomic E-state index is 13.8. The zero-order chi connectivity index (χ0) is 13.8. The fraction of sp³-hybridized carbons (Fsp3) is 0.385. The van der Waals surface area contributed by atoms with Gasteiger partial charge in [0.15, 0.2) is 0 Å². The SMILES string of the molecule is CC(C)n1ncnc1CC(NN)c1ccccc1F. The lowest BCUT2D eigenvalue weighted by Gasteiger charge is -2.18. The van der Waals surface area contributed by atoms with E-state index in [1.807, 2.05) is 18.5 Å². The second kappa shape index (κ2) is 5.90. The Morgan fingerprint density at radius 2 is 2.11 bits per heavy atom. The van der Waals surface area contributed by atoms with Crippen molar-refractivity contribution < 1.29 is 4.39 Å². The first kappa shape index (κ1) is 13.6. The van der Waals surface area contributed by atoms with Gasteiger partial charge in [0.05, 0.1) is 6.04 Å². The highest BCUT2D eigenvalue weighted by molar-refractivity contribution is 5.22. The molecule has 0 bridgehead atoms. The van der Waals surface area contributed by atoms with Gasteiger partial charge in [-0.2, -0.15) is 5.10 Å². The maximum Gasteiger partial charge on any atom is 0.138 e. The minimum atomic E-state index is -0.331. The molecule has 1 aromatic carbocycles. The van der Waals surface area contributed by atoms with Crippen molar-refractivity contribution in [3.63, 3.8) is 0 Å². The summed E-state index contributed by atoms with van der Waals surface area (Å²) in [5.41, 5.74) is 3.17. The van der Waals surface area contributed by atoms with Gasteiger partial charge in [-0.05, 0) is 19.9 Å². The first-order valence-corrected chi connectivity index (χ1v) is 6.22. The van der Waals surface area contributed by atoms with Gasteiger partial charge in [0.25, 0.3) is 0 Å². The molecule has 3 N–H and O–H groups in total.